The van der Waals surface area contributed by atoms with Gasteiger partial charge in [0.15, 0.2) is 0 Å². The van der Waals surface area contributed by atoms with Crippen LogP contribution in [0.4, 0.5) is 0 Å². The summed E-state index contributed by atoms with van der Waals surface area (Å²) in [5, 5.41) is 8.55. The summed E-state index contributed by atoms with van der Waals surface area (Å²) in [5.41, 5.74) is 0. The molecule has 2 unspecified atom stereocenters. The topological polar surface area (TPSA) is 40.5 Å². The van der Waals surface area contributed by atoms with Crippen LogP contribution in [0, 0.1) is 5.92 Å². The first-order valence-corrected chi connectivity index (χ1v) is 5.23. The molecule has 0 amide bonds. The quantitative estimate of drug-likeness (QED) is 0.717. The summed E-state index contributed by atoms with van der Waals surface area (Å²) in [5.74, 6) is 0.224. The van der Waals surface area contributed by atoms with Crippen molar-refractivity contribution in [3.05, 3.63) is 0 Å². The summed E-state index contributed by atoms with van der Waals surface area (Å²) in [6.45, 7) is 1.91. The monoisotopic (exact) mass is 183 g/mol. The molecule has 0 spiro atoms. The van der Waals surface area contributed by atoms with Gasteiger partial charge in [-0.05, 0) is 18.8 Å². The fraction of sp³-hybridized carbons (Fsp3) is 0.900. The van der Waals surface area contributed by atoms with E-state index in [1.807, 2.05) is 0 Å². The zero-order chi connectivity index (χ0) is 9.26. The van der Waals surface area contributed by atoms with E-state index in [-0.39, 0.29) is 0 Å². The first-order valence-electron chi connectivity index (χ1n) is 5.23. The Labute approximate surface area is 78.7 Å². The first kappa shape index (κ1) is 9.00. The standard InChI is InChI=1S/C10H17NO2/c12-10(13)5-6-11-7-8-3-1-2-4-9(8)11/h8-9H,1-7H2,(H,12,13). The maximum Gasteiger partial charge on any atom is 0.304 e. The van der Waals surface area contributed by atoms with E-state index in [4.69, 9.17) is 5.11 Å². The molecule has 3 heteroatoms. The normalized spacial score (nSPS) is 33.5. The lowest BCUT2D eigenvalue weighted by molar-refractivity contribution is -0.138. The molecule has 1 saturated heterocycles. The van der Waals surface area contributed by atoms with Gasteiger partial charge in [0, 0.05) is 19.1 Å². The molecule has 2 atom stereocenters. The molecular formula is C10H17NO2. The van der Waals surface area contributed by atoms with Gasteiger partial charge in [-0.2, -0.15) is 0 Å². The van der Waals surface area contributed by atoms with Gasteiger partial charge in [-0.15, -0.1) is 0 Å². The predicted molar refractivity (Wildman–Crippen MR) is 49.6 cm³/mol. The van der Waals surface area contributed by atoms with Crippen molar-refractivity contribution in [2.24, 2.45) is 5.92 Å². The Morgan fingerprint density at radius 2 is 2.15 bits per heavy atom. The number of carboxylic acids is 1. The van der Waals surface area contributed by atoms with Crippen LogP contribution in [0.2, 0.25) is 0 Å². The van der Waals surface area contributed by atoms with Crippen LogP contribution < -0.4 is 0 Å². The molecule has 0 aromatic carbocycles. The molecular weight excluding hydrogens is 166 g/mol. The third-order valence-corrected chi connectivity index (χ3v) is 3.42. The van der Waals surface area contributed by atoms with Gasteiger partial charge in [0.2, 0.25) is 0 Å². The van der Waals surface area contributed by atoms with Crippen molar-refractivity contribution < 1.29 is 9.90 Å². The number of hydrogen-bond donors (Lipinski definition) is 1. The Kier molecular flexibility index (Phi) is 2.54. The maximum absolute atomic E-state index is 10.4. The van der Waals surface area contributed by atoms with Crippen molar-refractivity contribution >= 4 is 5.97 Å². The molecule has 1 aliphatic heterocycles. The second kappa shape index (κ2) is 3.66. The Bertz CT molecular complexity index is 205. The van der Waals surface area contributed by atoms with Gasteiger partial charge >= 0.3 is 5.97 Å². The van der Waals surface area contributed by atoms with Crippen LogP contribution in [0.25, 0.3) is 0 Å². The summed E-state index contributed by atoms with van der Waals surface area (Å²) >= 11 is 0. The molecule has 1 N–H and O–H groups in total. The van der Waals surface area contributed by atoms with E-state index >= 15 is 0 Å². The molecule has 1 heterocycles. The summed E-state index contributed by atoms with van der Waals surface area (Å²) < 4.78 is 0. The zero-order valence-corrected chi connectivity index (χ0v) is 7.91. The lowest BCUT2D eigenvalue weighted by Gasteiger charge is -2.51. The molecule has 0 bridgehead atoms. The van der Waals surface area contributed by atoms with Gasteiger partial charge < -0.3 is 5.11 Å². The van der Waals surface area contributed by atoms with Crippen molar-refractivity contribution in [2.75, 3.05) is 13.1 Å². The number of likely N-dealkylation sites (tertiary alicyclic amines) is 1. The molecule has 13 heavy (non-hydrogen) atoms. The third-order valence-electron chi connectivity index (χ3n) is 3.42. The highest BCUT2D eigenvalue weighted by molar-refractivity contribution is 5.66. The van der Waals surface area contributed by atoms with E-state index in [1.54, 1.807) is 0 Å². The Morgan fingerprint density at radius 3 is 2.85 bits per heavy atom. The van der Waals surface area contributed by atoms with Crippen molar-refractivity contribution in [1.82, 2.24) is 4.90 Å². The average molecular weight is 183 g/mol. The second-order valence-electron chi connectivity index (χ2n) is 4.25. The minimum atomic E-state index is -0.667. The lowest BCUT2D eigenvalue weighted by atomic mass is 9.77. The average Bonchev–Trinajstić information content (AvgIpc) is 2.06. The van der Waals surface area contributed by atoms with Crippen LogP contribution in [-0.2, 0) is 4.79 Å². The van der Waals surface area contributed by atoms with E-state index < -0.39 is 5.97 Å². The number of aliphatic carboxylic acids is 1. The summed E-state index contributed by atoms with van der Waals surface area (Å²) in [6, 6.07) is 0.730. The summed E-state index contributed by atoms with van der Waals surface area (Å²) in [6.07, 6.45) is 5.69. The van der Waals surface area contributed by atoms with Gasteiger partial charge in [0.25, 0.3) is 0 Å². The molecule has 2 rings (SSSR count). The van der Waals surface area contributed by atoms with Gasteiger partial charge in [0.05, 0.1) is 6.42 Å². The maximum atomic E-state index is 10.4. The molecule has 1 aliphatic carbocycles. The molecule has 2 fully saturated rings. The molecule has 74 valence electrons. The minimum Gasteiger partial charge on any atom is -0.481 e. The van der Waals surface area contributed by atoms with Gasteiger partial charge in [-0.3, -0.25) is 9.69 Å². The van der Waals surface area contributed by atoms with E-state index in [9.17, 15) is 4.79 Å². The van der Waals surface area contributed by atoms with Crippen LogP contribution in [0.1, 0.15) is 32.1 Å². The van der Waals surface area contributed by atoms with Gasteiger partial charge in [-0.25, -0.2) is 0 Å². The number of fused-ring (bicyclic) bond motifs is 1. The minimum absolute atomic E-state index is 0.309. The highest BCUT2D eigenvalue weighted by Crippen LogP contribution is 2.36. The van der Waals surface area contributed by atoms with E-state index in [0.717, 1.165) is 25.0 Å². The largest absolute Gasteiger partial charge is 0.481 e. The fourth-order valence-electron chi connectivity index (χ4n) is 2.68. The van der Waals surface area contributed by atoms with Crippen molar-refractivity contribution in [2.45, 2.75) is 38.1 Å². The highest BCUT2D eigenvalue weighted by Gasteiger charge is 2.39. The third kappa shape index (κ3) is 1.85. The molecule has 2 aliphatic rings. The number of carbonyl (C=O) groups is 1. The lowest BCUT2D eigenvalue weighted by Crippen LogP contribution is -2.57. The molecule has 0 aromatic rings. The zero-order valence-electron chi connectivity index (χ0n) is 7.91. The van der Waals surface area contributed by atoms with Crippen LogP contribution >= 0.6 is 0 Å². The number of carboxylic acid groups (broad SMARTS) is 1. The fourth-order valence-corrected chi connectivity index (χ4v) is 2.68. The van der Waals surface area contributed by atoms with Gasteiger partial charge in [-0.1, -0.05) is 12.8 Å². The molecule has 0 aromatic heterocycles. The second-order valence-corrected chi connectivity index (χ2v) is 4.25. The van der Waals surface area contributed by atoms with Crippen LogP contribution in [-0.4, -0.2) is 35.1 Å². The van der Waals surface area contributed by atoms with E-state index in [0.29, 0.717) is 6.42 Å². The van der Waals surface area contributed by atoms with Crippen LogP contribution in [0.15, 0.2) is 0 Å². The summed E-state index contributed by atoms with van der Waals surface area (Å²) in [7, 11) is 0. The smallest absolute Gasteiger partial charge is 0.304 e. The first-order chi connectivity index (χ1) is 6.27. The van der Waals surface area contributed by atoms with E-state index in [2.05, 4.69) is 4.90 Å². The molecule has 0 radical (unpaired) electrons. The summed E-state index contributed by atoms with van der Waals surface area (Å²) in [4.78, 5) is 12.7. The van der Waals surface area contributed by atoms with E-state index in [1.165, 1.54) is 25.7 Å². The Morgan fingerprint density at radius 1 is 1.38 bits per heavy atom. The Balaban J connectivity index is 1.74. The van der Waals surface area contributed by atoms with Gasteiger partial charge in [0.1, 0.15) is 0 Å². The van der Waals surface area contributed by atoms with Crippen molar-refractivity contribution in [3.63, 3.8) is 0 Å². The number of rotatable bonds is 3. The molecule has 3 nitrogen and oxygen atoms in total. The predicted octanol–water partition coefficient (Wildman–Crippen LogP) is 1.34. The SMILES string of the molecule is O=C(O)CCN1CC2CCCCC21. The number of nitrogens with zero attached hydrogens (tertiary/aromatic N) is 1. The highest BCUT2D eigenvalue weighted by atomic mass is 16.4. The van der Waals surface area contributed by atoms with Crippen molar-refractivity contribution in [3.8, 4) is 0 Å². The molecule has 1 saturated carbocycles. The number of hydrogen-bond acceptors (Lipinski definition) is 2. The van der Waals surface area contributed by atoms with Crippen molar-refractivity contribution in [1.29, 1.82) is 0 Å². The Hall–Kier alpha value is -0.570. The van der Waals surface area contributed by atoms with Crippen LogP contribution in [0.3, 0.4) is 0 Å². The van der Waals surface area contributed by atoms with Crippen LogP contribution in [0.5, 0.6) is 0 Å².